The third-order valence-corrected chi connectivity index (χ3v) is 7.89. The summed E-state index contributed by atoms with van der Waals surface area (Å²) in [6.45, 7) is 3.82. The maximum absolute atomic E-state index is 12.6. The third-order valence-electron chi connectivity index (χ3n) is 7.89. The molecule has 2 N–H and O–H groups in total. The van der Waals surface area contributed by atoms with Crippen LogP contribution < -0.4 is 10.1 Å². The molecule has 37 heavy (non-hydrogen) atoms. The van der Waals surface area contributed by atoms with Crippen LogP contribution in [0.2, 0.25) is 0 Å². The summed E-state index contributed by atoms with van der Waals surface area (Å²) in [4.78, 5) is 27.2. The minimum Gasteiger partial charge on any atom is -0.491 e. The first kappa shape index (κ1) is 25.2. The van der Waals surface area contributed by atoms with Gasteiger partial charge in [0.1, 0.15) is 24.2 Å². The molecule has 192 valence electrons. The van der Waals surface area contributed by atoms with E-state index >= 15 is 0 Å². The van der Waals surface area contributed by atoms with Gasteiger partial charge >= 0.3 is 0 Å². The lowest BCUT2D eigenvalue weighted by molar-refractivity contribution is -0.124. The van der Waals surface area contributed by atoms with Gasteiger partial charge in [0.15, 0.2) is 0 Å². The lowest BCUT2D eigenvalue weighted by atomic mass is 9.70. The SMILES string of the molecule is CC(=O)C1(c2ccccc2)CCN(CC(O)COc2ccc3c(c2)NC(=O)CC3c2ccccc2)CC1. The number of ketones is 1. The molecule has 2 aliphatic heterocycles. The minimum atomic E-state index is -0.663. The van der Waals surface area contributed by atoms with E-state index in [1.807, 2.05) is 66.7 Å². The van der Waals surface area contributed by atoms with Gasteiger partial charge in [-0.3, -0.25) is 9.59 Å². The molecule has 0 radical (unpaired) electrons. The van der Waals surface area contributed by atoms with Gasteiger partial charge in [-0.15, -0.1) is 0 Å². The van der Waals surface area contributed by atoms with Gasteiger partial charge in [-0.25, -0.2) is 0 Å². The molecular formula is C31H34N2O4. The number of likely N-dealkylation sites (tertiary alicyclic amines) is 1. The molecule has 2 atom stereocenters. The van der Waals surface area contributed by atoms with Crippen molar-refractivity contribution in [2.24, 2.45) is 0 Å². The molecule has 1 fully saturated rings. The quantitative estimate of drug-likeness (QED) is 0.477. The molecule has 1 amide bonds. The Labute approximate surface area is 218 Å². The van der Waals surface area contributed by atoms with Gasteiger partial charge in [-0.05, 0) is 55.6 Å². The Kier molecular flexibility index (Phi) is 7.40. The minimum absolute atomic E-state index is 0.0132. The number of hydrogen-bond acceptors (Lipinski definition) is 5. The van der Waals surface area contributed by atoms with Gasteiger partial charge in [-0.2, -0.15) is 0 Å². The molecule has 2 aliphatic rings. The molecule has 2 heterocycles. The molecule has 6 heteroatoms. The monoisotopic (exact) mass is 498 g/mol. The highest BCUT2D eigenvalue weighted by Crippen LogP contribution is 2.39. The van der Waals surface area contributed by atoms with Gasteiger partial charge in [0.2, 0.25) is 5.91 Å². The normalized spacial score (nSPS) is 19.9. The van der Waals surface area contributed by atoms with Crippen LogP contribution in [0.15, 0.2) is 78.9 Å². The third kappa shape index (κ3) is 5.45. The summed E-state index contributed by atoms with van der Waals surface area (Å²) in [6, 6.07) is 25.8. The van der Waals surface area contributed by atoms with Gasteiger partial charge in [-0.1, -0.05) is 66.7 Å². The van der Waals surface area contributed by atoms with Gasteiger partial charge < -0.3 is 20.1 Å². The van der Waals surface area contributed by atoms with E-state index in [0.717, 1.165) is 48.3 Å². The predicted octanol–water partition coefficient (Wildman–Crippen LogP) is 4.52. The average Bonchev–Trinajstić information content (AvgIpc) is 2.92. The molecule has 3 aromatic rings. The molecule has 1 saturated heterocycles. The van der Waals surface area contributed by atoms with E-state index in [1.54, 1.807) is 6.92 Å². The van der Waals surface area contributed by atoms with Crippen LogP contribution in [0.5, 0.6) is 5.75 Å². The second-order valence-electron chi connectivity index (χ2n) is 10.2. The molecule has 0 aromatic heterocycles. The zero-order valence-electron chi connectivity index (χ0n) is 21.2. The number of nitrogens with one attached hydrogen (secondary N) is 1. The number of ether oxygens (including phenoxy) is 1. The Bertz CT molecular complexity index is 1240. The number of amides is 1. The van der Waals surface area contributed by atoms with E-state index in [4.69, 9.17) is 4.74 Å². The van der Waals surface area contributed by atoms with Crippen molar-refractivity contribution >= 4 is 17.4 Å². The Hall–Kier alpha value is -3.48. The van der Waals surface area contributed by atoms with E-state index in [2.05, 4.69) is 22.3 Å². The summed E-state index contributed by atoms with van der Waals surface area (Å²) in [5.41, 5.74) is 3.59. The highest BCUT2D eigenvalue weighted by atomic mass is 16.5. The number of aliphatic hydroxyl groups excluding tert-OH is 1. The van der Waals surface area contributed by atoms with Gasteiger partial charge in [0.25, 0.3) is 0 Å². The van der Waals surface area contributed by atoms with Crippen molar-refractivity contribution in [3.8, 4) is 5.75 Å². The fraction of sp³-hybridized carbons (Fsp3) is 0.355. The van der Waals surface area contributed by atoms with Crippen LogP contribution in [0.4, 0.5) is 5.69 Å². The molecule has 0 spiro atoms. The van der Waals surface area contributed by atoms with Crippen LogP contribution in [0.25, 0.3) is 0 Å². The highest BCUT2D eigenvalue weighted by Gasteiger charge is 2.40. The fourth-order valence-electron chi connectivity index (χ4n) is 5.78. The topological polar surface area (TPSA) is 78.9 Å². The lowest BCUT2D eigenvalue weighted by Gasteiger charge is -2.41. The van der Waals surface area contributed by atoms with Gasteiger partial charge in [0, 0.05) is 30.6 Å². The van der Waals surface area contributed by atoms with Crippen LogP contribution in [0.1, 0.15) is 48.8 Å². The van der Waals surface area contributed by atoms with E-state index in [1.165, 1.54) is 0 Å². The number of β-amino-alcohol motifs (C(OH)–C–C–N with tert-alkyl or cyclic N) is 1. The van der Waals surface area contributed by atoms with Crippen molar-refractivity contribution in [1.82, 2.24) is 4.90 Å². The van der Waals surface area contributed by atoms with E-state index in [0.29, 0.717) is 18.7 Å². The number of carbonyl (C=O) groups excluding carboxylic acids is 2. The average molecular weight is 499 g/mol. The Morgan fingerprint density at radius 3 is 2.41 bits per heavy atom. The van der Waals surface area contributed by atoms with Gasteiger partial charge in [0.05, 0.1) is 5.41 Å². The largest absolute Gasteiger partial charge is 0.491 e. The first-order valence-corrected chi connectivity index (χ1v) is 13.0. The van der Waals surface area contributed by atoms with Crippen molar-refractivity contribution in [2.75, 3.05) is 31.6 Å². The Balaban J connectivity index is 1.17. The van der Waals surface area contributed by atoms with Crippen LogP contribution in [0.3, 0.4) is 0 Å². The summed E-state index contributed by atoms with van der Waals surface area (Å²) in [7, 11) is 0. The molecule has 0 saturated carbocycles. The van der Waals surface area contributed by atoms with Crippen LogP contribution >= 0.6 is 0 Å². The summed E-state index contributed by atoms with van der Waals surface area (Å²) in [6.07, 6.45) is 1.24. The lowest BCUT2D eigenvalue weighted by Crippen LogP contribution is -2.48. The number of fused-ring (bicyclic) bond motifs is 1. The second-order valence-corrected chi connectivity index (χ2v) is 10.2. The maximum atomic E-state index is 12.6. The molecule has 3 aromatic carbocycles. The number of nitrogens with zero attached hydrogens (tertiary/aromatic N) is 1. The molecule has 6 nitrogen and oxygen atoms in total. The van der Waals surface area contributed by atoms with Crippen molar-refractivity contribution in [1.29, 1.82) is 0 Å². The number of benzene rings is 3. The molecule has 5 rings (SSSR count). The number of rotatable bonds is 8. The number of carbonyl (C=O) groups is 2. The Morgan fingerprint density at radius 2 is 1.73 bits per heavy atom. The van der Waals surface area contributed by atoms with E-state index < -0.39 is 11.5 Å². The smallest absolute Gasteiger partial charge is 0.225 e. The molecule has 0 bridgehead atoms. The first-order chi connectivity index (χ1) is 17.9. The zero-order valence-corrected chi connectivity index (χ0v) is 21.2. The number of anilines is 1. The van der Waals surface area contributed by atoms with Crippen molar-refractivity contribution in [3.63, 3.8) is 0 Å². The summed E-state index contributed by atoms with van der Waals surface area (Å²) < 4.78 is 5.92. The highest BCUT2D eigenvalue weighted by molar-refractivity contribution is 5.95. The Morgan fingerprint density at radius 1 is 1.05 bits per heavy atom. The maximum Gasteiger partial charge on any atom is 0.225 e. The summed E-state index contributed by atoms with van der Waals surface area (Å²) >= 11 is 0. The van der Waals surface area contributed by atoms with Crippen LogP contribution in [-0.4, -0.2) is 54.0 Å². The number of piperidine rings is 1. The van der Waals surface area contributed by atoms with E-state index in [9.17, 15) is 14.7 Å². The zero-order chi connectivity index (χ0) is 25.8. The molecule has 2 unspecified atom stereocenters. The van der Waals surface area contributed by atoms with Crippen molar-refractivity contribution in [2.45, 2.75) is 43.6 Å². The van der Waals surface area contributed by atoms with Crippen LogP contribution in [-0.2, 0) is 15.0 Å². The summed E-state index contributed by atoms with van der Waals surface area (Å²) in [5, 5.41) is 13.7. The van der Waals surface area contributed by atoms with Crippen LogP contribution in [0, 0.1) is 0 Å². The number of aliphatic hydroxyl groups is 1. The van der Waals surface area contributed by atoms with Crippen molar-refractivity contribution in [3.05, 3.63) is 95.6 Å². The number of hydrogen-bond donors (Lipinski definition) is 2. The van der Waals surface area contributed by atoms with Crippen molar-refractivity contribution < 1.29 is 19.4 Å². The second kappa shape index (κ2) is 10.9. The summed E-state index contributed by atoms with van der Waals surface area (Å²) in [5.74, 6) is 0.823. The van der Waals surface area contributed by atoms with E-state index in [-0.39, 0.29) is 24.2 Å². The predicted molar refractivity (Wildman–Crippen MR) is 144 cm³/mol. The number of Topliss-reactive ketones (excluding diaryl/α,β-unsaturated/α-hetero) is 1. The molecule has 0 aliphatic carbocycles. The fourth-order valence-corrected chi connectivity index (χ4v) is 5.78. The standard InChI is InChI=1S/C31H34N2O4/c1-22(34)31(24-10-6-3-7-11-24)14-16-33(17-15-31)20-25(35)21-37-26-12-13-27-28(23-8-4-2-5-9-23)19-30(36)32-29(27)18-26/h2-13,18,25,28,35H,14-17,19-21H2,1H3,(H,32,36). The molecular weight excluding hydrogens is 464 g/mol. The first-order valence-electron chi connectivity index (χ1n) is 13.0.